The average molecular weight is 376 g/mol. The number of likely N-dealkylation sites (tertiary alicyclic amines) is 1. The molecule has 0 saturated carbocycles. The molecule has 0 atom stereocenters. The molecule has 1 fully saturated rings. The first-order chi connectivity index (χ1) is 13.1. The maximum Gasteiger partial charge on any atom is 0.410 e. The summed E-state index contributed by atoms with van der Waals surface area (Å²) in [6, 6.07) is 5.75. The standard InChI is InChI=1S/C20H28N2O5/c1-4-13-27-20(24)22-11-9-16(10-12-22)21-19(23)8-6-15-5-7-17(25-2)18(14-15)26-3/h4-5,7,14,16H,1,6,8-13H2,2-3H3,(H,21,23). The molecule has 7 nitrogen and oxygen atoms in total. The van der Waals surface area contributed by atoms with E-state index in [1.807, 2.05) is 18.2 Å². The Hall–Kier alpha value is -2.70. The minimum Gasteiger partial charge on any atom is -0.493 e. The van der Waals surface area contributed by atoms with Crippen molar-refractivity contribution in [2.45, 2.75) is 31.7 Å². The Kier molecular flexibility index (Phi) is 7.98. The second kappa shape index (κ2) is 10.4. The topological polar surface area (TPSA) is 77.1 Å². The Balaban J connectivity index is 1.74. The van der Waals surface area contributed by atoms with E-state index in [4.69, 9.17) is 14.2 Å². The third-order valence-corrected chi connectivity index (χ3v) is 4.53. The van der Waals surface area contributed by atoms with Crippen LogP contribution < -0.4 is 14.8 Å². The lowest BCUT2D eigenvalue weighted by Gasteiger charge is -2.31. The van der Waals surface area contributed by atoms with E-state index < -0.39 is 0 Å². The molecule has 0 aromatic heterocycles. The van der Waals surface area contributed by atoms with E-state index in [1.54, 1.807) is 25.2 Å². The molecule has 1 aliphatic heterocycles. The molecule has 2 rings (SSSR count). The summed E-state index contributed by atoms with van der Waals surface area (Å²) in [4.78, 5) is 25.7. The van der Waals surface area contributed by atoms with Gasteiger partial charge in [0.2, 0.25) is 5.91 Å². The predicted octanol–water partition coefficient (Wildman–Crippen LogP) is 2.54. The predicted molar refractivity (Wildman–Crippen MR) is 102 cm³/mol. The van der Waals surface area contributed by atoms with Gasteiger partial charge < -0.3 is 24.4 Å². The molecule has 1 aromatic carbocycles. The van der Waals surface area contributed by atoms with Crippen LogP contribution in [-0.4, -0.2) is 56.9 Å². The summed E-state index contributed by atoms with van der Waals surface area (Å²) in [5.74, 6) is 1.34. The van der Waals surface area contributed by atoms with Gasteiger partial charge >= 0.3 is 6.09 Å². The van der Waals surface area contributed by atoms with Crippen LogP contribution in [0.5, 0.6) is 11.5 Å². The van der Waals surface area contributed by atoms with Crippen LogP contribution in [0.1, 0.15) is 24.8 Å². The van der Waals surface area contributed by atoms with Gasteiger partial charge in [0, 0.05) is 25.6 Å². The van der Waals surface area contributed by atoms with Crippen molar-refractivity contribution in [3.63, 3.8) is 0 Å². The highest BCUT2D eigenvalue weighted by Gasteiger charge is 2.24. The molecule has 7 heteroatoms. The SMILES string of the molecule is C=CCOC(=O)N1CCC(NC(=O)CCc2ccc(OC)c(OC)c2)CC1. The summed E-state index contributed by atoms with van der Waals surface area (Å²) in [5.41, 5.74) is 1.02. The van der Waals surface area contributed by atoms with Crippen LogP contribution in [0.4, 0.5) is 4.79 Å². The maximum atomic E-state index is 12.2. The number of nitrogens with one attached hydrogen (secondary N) is 1. The number of methoxy groups -OCH3 is 2. The van der Waals surface area contributed by atoms with Gasteiger partial charge in [0.1, 0.15) is 6.61 Å². The van der Waals surface area contributed by atoms with Gasteiger partial charge in [-0.2, -0.15) is 0 Å². The average Bonchev–Trinajstić information content (AvgIpc) is 2.70. The van der Waals surface area contributed by atoms with E-state index in [9.17, 15) is 9.59 Å². The molecule has 0 bridgehead atoms. The van der Waals surface area contributed by atoms with Crippen molar-refractivity contribution in [1.29, 1.82) is 0 Å². The van der Waals surface area contributed by atoms with Crippen LogP contribution in [0.3, 0.4) is 0 Å². The number of ether oxygens (including phenoxy) is 3. The summed E-state index contributed by atoms with van der Waals surface area (Å²) in [6.07, 6.45) is 3.70. The van der Waals surface area contributed by atoms with Crippen molar-refractivity contribution in [3.8, 4) is 11.5 Å². The van der Waals surface area contributed by atoms with Crippen LogP contribution in [0.25, 0.3) is 0 Å². The minimum atomic E-state index is -0.326. The number of aryl methyl sites for hydroxylation is 1. The van der Waals surface area contributed by atoms with E-state index >= 15 is 0 Å². The first kappa shape index (κ1) is 20.6. The summed E-state index contributed by atoms with van der Waals surface area (Å²) in [6.45, 7) is 4.90. The largest absolute Gasteiger partial charge is 0.493 e. The molecular weight excluding hydrogens is 348 g/mol. The van der Waals surface area contributed by atoms with Crippen molar-refractivity contribution in [2.24, 2.45) is 0 Å². The zero-order valence-electron chi connectivity index (χ0n) is 16.0. The van der Waals surface area contributed by atoms with Crippen LogP contribution in [0.15, 0.2) is 30.9 Å². The second-order valence-electron chi connectivity index (χ2n) is 6.38. The lowest BCUT2D eigenvalue weighted by Crippen LogP contribution is -2.46. The summed E-state index contributed by atoms with van der Waals surface area (Å²) in [5, 5.41) is 3.05. The first-order valence-electron chi connectivity index (χ1n) is 9.10. The van der Waals surface area contributed by atoms with E-state index in [2.05, 4.69) is 11.9 Å². The van der Waals surface area contributed by atoms with Crippen molar-refractivity contribution in [3.05, 3.63) is 36.4 Å². The zero-order valence-corrected chi connectivity index (χ0v) is 16.0. The maximum absolute atomic E-state index is 12.2. The molecule has 1 heterocycles. The molecule has 0 aliphatic carbocycles. The summed E-state index contributed by atoms with van der Waals surface area (Å²) >= 11 is 0. The van der Waals surface area contributed by atoms with Crippen LogP contribution >= 0.6 is 0 Å². The van der Waals surface area contributed by atoms with Gasteiger partial charge in [-0.3, -0.25) is 4.79 Å². The van der Waals surface area contributed by atoms with E-state index in [0.717, 1.165) is 18.4 Å². The Morgan fingerprint density at radius 3 is 2.56 bits per heavy atom. The fourth-order valence-corrected chi connectivity index (χ4v) is 3.02. The monoisotopic (exact) mass is 376 g/mol. The number of hydrogen-bond acceptors (Lipinski definition) is 5. The number of benzene rings is 1. The van der Waals surface area contributed by atoms with Crippen molar-refractivity contribution in [2.75, 3.05) is 33.9 Å². The number of piperidine rings is 1. The third-order valence-electron chi connectivity index (χ3n) is 4.53. The quantitative estimate of drug-likeness (QED) is 0.706. The molecule has 1 N–H and O–H groups in total. The van der Waals surface area contributed by atoms with Gasteiger partial charge in [-0.1, -0.05) is 18.7 Å². The van der Waals surface area contributed by atoms with Gasteiger partial charge in [0.05, 0.1) is 14.2 Å². The van der Waals surface area contributed by atoms with Crippen molar-refractivity contribution >= 4 is 12.0 Å². The first-order valence-corrected chi connectivity index (χ1v) is 9.10. The number of amides is 2. The Morgan fingerprint density at radius 1 is 1.22 bits per heavy atom. The molecule has 2 amide bonds. The number of nitrogens with zero attached hydrogens (tertiary/aromatic N) is 1. The molecule has 27 heavy (non-hydrogen) atoms. The number of rotatable bonds is 8. The number of carbonyl (C=O) groups is 2. The highest BCUT2D eigenvalue weighted by Crippen LogP contribution is 2.28. The van der Waals surface area contributed by atoms with Gasteiger partial charge in [-0.05, 0) is 37.0 Å². The van der Waals surface area contributed by atoms with Gasteiger partial charge in [-0.15, -0.1) is 0 Å². The van der Waals surface area contributed by atoms with E-state index in [1.165, 1.54) is 0 Å². The molecule has 148 valence electrons. The van der Waals surface area contributed by atoms with Crippen LogP contribution in [-0.2, 0) is 16.0 Å². The summed E-state index contributed by atoms with van der Waals surface area (Å²) in [7, 11) is 3.18. The van der Waals surface area contributed by atoms with E-state index in [-0.39, 0.29) is 24.6 Å². The Bertz CT molecular complexity index is 654. The van der Waals surface area contributed by atoms with Crippen LogP contribution in [0, 0.1) is 0 Å². The second-order valence-corrected chi connectivity index (χ2v) is 6.38. The summed E-state index contributed by atoms with van der Waals surface area (Å²) < 4.78 is 15.5. The zero-order chi connectivity index (χ0) is 19.6. The van der Waals surface area contributed by atoms with E-state index in [0.29, 0.717) is 37.4 Å². The van der Waals surface area contributed by atoms with Gasteiger partial charge in [0.25, 0.3) is 0 Å². The highest BCUT2D eigenvalue weighted by atomic mass is 16.6. The molecule has 1 aliphatic rings. The lowest BCUT2D eigenvalue weighted by molar-refractivity contribution is -0.122. The van der Waals surface area contributed by atoms with Crippen molar-refractivity contribution < 1.29 is 23.8 Å². The molecule has 1 aromatic rings. The highest BCUT2D eigenvalue weighted by molar-refractivity contribution is 5.76. The Labute approximate surface area is 160 Å². The van der Waals surface area contributed by atoms with Gasteiger partial charge in [-0.25, -0.2) is 4.79 Å². The minimum absolute atomic E-state index is 0.0115. The third kappa shape index (κ3) is 6.20. The molecule has 0 spiro atoms. The smallest absolute Gasteiger partial charge is 0.410 e. The number of hydrogen-bond donors (Lipinski definition) is 1. The molecule has 1 saturated heterocycles. The fraction of sp³-hybridized carbons (Fsp3) is 0.500. The Morgan fingerprint density at radius 2 is 1.93 bits per heavy atom. The molecular formula is C20H28N2O5. The van der Waals surface area contributed by atoms with Crippen molar-refractivity contribution in [1.82, 2.24) is 10.2 Å². The van der Waals surface area contributed by atoms with Gasteiger partial charge in [0.15, 0.2) is 11.5 Å². The molecule has 0 unspecified atom stereocenters. The van der Waals surface area contributed by atoms with Crippen LogP contribution in [0.2, 0.25) is 0 Å². The lowest BCUT2D eigenvalue weighted by atomic mass is 10.0. The molecule has 0 radical (unpaired) electrons. The fourth-order valence-electron chi connectivity index (χ4n) is 3.02. The number of carbonyl (C=O) groups excluding carboxylic acids is 2. The normalized spacial score (nSPS) is 14.4.